The standard InChI is InChI=1S/C13H14ClN/c1-10-2-4-13-7-11(8-15-9-14)3-5-12(13)6-10/h2-7,15H,8-9H2,1H3. The monoisotopic (exact) mass is 219 g/mol. The molecule has 0 saturated heterocycles. The zero-order valence-electron chi connectivity index (χ0n) is 8.76. The Hall–Kier alpha value is -1.05. The third-order valence-corrected chi connectivity index (χ3v) is 2.67. The van der Waals surface area contributed by atoms with Gasteiger partial charge in [0.1, 0.15) is 0 Å². The van der Waals surface area contributed by atoms with Gasteiger partial charge in [-0.05, 0) is 29.3 Å². The lowest BCUT2D eigenvalue weighted by molar-refractivity contribution is 0.792. The smallest absolute Gasteiger partial charge is 0.0716 e. The third kappa shape index (κ3) is 2.49. The highest BCUT2D eigenvalue weighted by molar-refractivity contribution is 6.17. The minimum atomic E-state index is 0.492. The number of nitrogens with one attached hydrogen (secondary N) is 1. The molecule has 0 radical (unpaired) electrons. The van der Waals surface area contributed by atoms with Crippen LogP contribution in [-0.4, -0.2) is 6.00 Å². The average Bonchev–Trinajstić information content (AvgIpc) is 2.26. The van der Waals surface area contributed by atoms with E-state index in [1.165, 1.54) is 21.9 Å². The molecule has 0 aliphatic rings. The SMILES string of the molecule is Cc1ccc2cc(CNCCl)ccc2c1. The van der Waals surface area contributed by atoms with Crippen molar-refractivity contribution in [3.63, 3.8) is 0 Å². The first-order valence-corrected chi connectivity index (χ1v) is 5.59. The van der Waals surface area contributed by atoms with E-state index in [1.54, 1.807) is 0 Å². The van der Waals surface area contributed by atoms with Crippen LogP contribution in [0.5, 0.6) is 0 Å². The fraction of sp³-hybridized carbons (Fsp3) is 0.231. The van der Waals surface area contributed by atoms with Crippen LogP contribution in [-0.2, 0) is 6.54 Å². The maximum absolute atomic E-state index is 5.58. The first-order chi connectivity index (χ1) is 7.29. The van der Waals surface area contributed by atoms with Gasteiger partial charge in [-0.15, -0.1) is 11.6 Å². The molecule has 2 heteroatoms. The van der Waals surface area contributed by atoms with E-state index < -0.39 is 0 Å². The van der Waals surface area contributed by atoms with Crippen molar-refractivity contribution in [1.29, 1.82) is 0 Å². The molecule has 0 atom stereocenters. The third-order valence-electron chi connectivity index (χ3n) is 2.48. The molecule has 1 N–H and O–H groups in total. The van der Waals surface area contributed by atoms with E-state index in [4.69, 9.17) is 11.6 Å². The van der Waals surface area contributed by atoms with Crippen molar-refractivity contribution in [2.75, 3.05) is 6.00 Å². The maximum Gasteiger partial charge on any atom is 0.0716 e. The van der Waals surface area contributed by atoms with Gasteiger partial charge in [0.25, 0.3) is 0 Å². The number of hydrogen-bond acceptors (Lipinski definition) is 1. The fourth-order valence-electron chi connectivity index (χ4n) is 1.72. The van der Waals surface area contributed by atoms with Crippen molar-refractivity contribution in [2.24, 2.45) is 0 Å². The van der Waals surface area contributed by atoms with E-state index in [9.17, 15) is 0 Å². The average molecular weight is 220 g/mol. The summed E-state index contributed by atoms with van der Waals surface area (Å²) >= 11 is 5.58. The van der Waals surface area contributed by atoms with Crippen LogP contribution in [0.15, 0.2) is 36.4 Å². The van der Waals surface area contributed by atoms with Crippen molar-refractivity contribution < 1.29 is 0 Å². The number of hydrogen-bond donors (Lipinski definition) is 1. The highest BCUT2D eigenvalue weighted by Gasteiger charge is 1.96. The molecular weight excluding hydrogens is 206 g/mol. The highest BCUT2D eigenvalue weighted by Crippen LogP contribution is 2.17. The molecule has 0 spiro atoms. The second-order valence-corrected chi connectivity index (χ2v) is 4.01. The molecule has 78 valence electrons. The molecule has 0 unspecified atom stereocenters. The molecule has 0 bridgehead atoms. The number of benzene rings is 2. The Balaban J connectivity index is 2.34. The first kappa shape index (κ1) is 10.5. The van der Waals surface area contributed by atoms with Gasteiger partial charge in [-0.25, -0.2) is 0 Å². The Morgan fingerprint density at radius 3 is 2.60 bits per heavy atom. The molecule has 15 heavy (non-hydrogen) atoms. The van der Waals surface area contributed by atoms with Crippen LogP contribution in [0.3, 0.4) is 0 Å². The molecule has 0 heterocycles. The summed E-state index contributed by atoms with van der Waals surface area (Å²) in [7, 11) is 0. The predicted octanol–water partition coefficient (Wildman–Crippen LogP) is 3.43. The minimum Gasteiger partial charge on any atom is -0.300 e. The van der Waals surface area contributed by atoms with E-state index in [0.717, 1.165) is 6.54 Å². The molecular formula is C13H14ClN. The minimum absolute atomic E-state index is 0.492. The zero-order chi connectivity index (χ0) is 10.7. The van der Waals surface area contributed by atoms with E-state index in [1.807, 2.05) is 0 Å². The summed E-state index contributed by atoms with van der Waals surface area (Å²) in [5.74, 6) is 0. The van der Waals surface area contributed by atoms with Crippen LogP contribution in [0.1, 0.15) is 11.1 Å². The van der Waals surface area contributed by atoms with Gasteiger partial charge in [-0.3, -0.25) is 5.32 Å². The molecule has 0 fully saturated rings. The molecule has 0 aromatic heterocycles. The first-order valence-electron chi connectivity index (χ1n) is 5.05. The van der Waals surface area contributed by atoms with Gasteiger partial charge >= 0.3 is 0 Å². The molecule has 0 aliphatic heterocycles. The lowest BCUT2D eigenvalue weighted by Gasteiger charge is -2.04. The Kier molecular flexibility index (Phi) is 3.24. The van der Waals surface area contributed by atoms with Gasteiger partial charge in [0.15, 0.2) is 0 Å². The second kappa shape index (κ2) is 4.65. The van der Waals surface area contributed by atoms with Crippen LogP contribution in [0, 0.1) is 6.92 Å². The van der Waals surface area contributed by atoms with Crippen molar-refractivity contribution in [3.05, 3.63) is 47.5 Å². The van der Waals surface area contributed by atoms with Crippen molar-refractivity contribution in [2.45, 2.75) is 13.5 Å². The Morgan fingerprint density at radius 1 is 1.07 bits per heavy atom. The summed E-state index contributed by atoms with van der Waals surface area (Å²) in [5, 5.41) is 5.69. The van der Waals surface area contributed by atoms with E-state index in [2.05, 4.69) is 48.6 Å². The van der Waals surface area contributed by atoms with Gasteiger partial charge < -0.3 is 0 Å². The van der Waals surface area contributed by atoms with Crippen LogP contribution in [0.25, 0.3) is 10.8 Å². The number of aryl methyl sites for hydroxylation is 1. The largest absolute Gasteiger partial charge is 0.300 e. The van der Waals surface area contributed by atoms with E-state index in [0.29, 0.717) is 6.00 Å². The summed E-state index contributed by atoms with van der Waals surface area (Å²) < 4.78 is 0. The van der Waals surface area contributed by atoms with Gasteiger partial charge in [-0.2, -0.15) is 0 Å². The van der Waals surface area contributed by atoms with Crippen LogP contribution >= 0.6 is 11.6 Å². The number of rotatable bonds is 3. The van der Waals surface area contributed by atoms with E-state index >= 15 is 0 Å². The quantitative estimate of drug-likeness (QED) is 0.616. The second-order valence-electron chi connectivity index (χ2n) is 3.75. The summed E-state index contributed by atoms with van der Waals surface area (Å²) in [6, 6.07) is 13.5. The van der Waals surface area contributed by atoms with Crippen LogP contribution in [0.4, 0.5) is 0 Å². The number of alkyl halides is 1. The van der Waals surface area contributed by atoms with Gasteiger partial charge in [0.2, 0.25) is 0 Å². The van der Waals surface area contributed by atoms with E-state index in [-0.39, 0.29) is 0 Å². The van der Waals surface area contributed by atoms with Crippen molar-refractivity contribution in [1.82, 2.24) is 5.32 Å². The lowest BCUT2D eigenvalue weighted by Crippen LogP contribution is -2.09. The normalized spacial score (nSPS) is 10.8. The zero-order valence-corrected chi connectivity index (χ0v) is 9.51. The van der Waals surface area contributed by atoms with Crippen molar-refractivity contribution in [3.8, 4) is 0 Å². The molecule has 2 aromatic rings. The topological polar surface area (TPSA) is 12.0 Å². The summed E-state index contributed by atoms with van der Waals surface area (Å²) in [5.41, 5.74) is 2.57. The molecule has 0 saturated carbocycles. The molecule has 2 aromatic carbocycles. The summed E-state index contributed by atoms with van der Waals surface area (Å²) in [6.07, 6.45) is 0. The number of halogens is 1. The summed E-state index contributed by atoms with van der Waals surface area (Å²) in [4.78, 5) is 0. The lowest BCUT2D eigenvalue weighted by atomic mass is 10.0. The molecule has 1 nitrogen and oxygen atoms in total. The van der Waals surface area contributed by atoms with Crippen LogP contribution < -0.4 is 5.32 Å². The predicted molar refractivity (Wildman–Crippen MR) is 66.2 cm³/mol. The molecule has 0 aliphatic carbocycles. The Labute approximate surface area is 95.1 Å². The fourth-order valence-corrected chi connectivity index (χ4v) is 1.81. The number of fused-ring (bicyclic) bond motifs is 1. The van der Waals surface area contributed by atoms with Gasteiger partial charge in [0, 0.05) is 6.54 Å². The van der Waals surface area contributed by atoms with Crippen molar-refractivity contribution >= 4 is 22.4 Å². The maximum atomic E-state index is 5.58. The molecule has 2 rings (SSSR count). The van der Waals surface area contributed by atoms with Gasteiger partial charge in [0.05, 0.1) is 6.00 Å². The highest BCUT2D eigenvalue weighted by atomic mass is 35.5. The molecule has 0 amide bonds. The van der Waals surface area contributed by atoms with Crippen LogP contribution in [0.2, 0.25) is 0 Å². The summed E-state index contributed by atoms with van der Waals surface area (Å²) in [6.45, 7) is 2.94. The van der Waals surface area contributed by atoms with Gasteiger partial charge in [-0.1, -0.05) is 35.9 Å². The Morgan fingerprint density at radius 2 is 1.80 bits per heavy atom. The Bertz CT molecular complexity index is 465.